The van der Waals surface area contributed by atoms with E-state index in [1.807, 2.05) is 6.07 Å². The topological polar surface area (TPSA) is 33.7 Å². The third-order valence-electron chi connectivity index (χ3n) is 4.13. The van der Waals surface area contributed by atoms with Gasteiger partial charge in [-0.1, -0.05) is 6.07 Å². The van der Waals surface area contributed by atoms with Crippen LogP contribution in [0.1, 0.15) is 24.8 Å². The van der Waals surface area contributed by atoms with Gasteiger partial charge in [0.05, 0.1) is 13.2 Å². The average molecular weight is 276 g/mol. The summed E-state index contributed by atoms with van der Waals surface area (Å²) >= 11 is 0. The Morgan fingerprint density at radius 1 is 1.15 bits per heavy atom. The van der Waals surface area contributed by atoms with E-state index in [1.165, 1.54) is 31.5 Å². The molecule has 2 aliphatic rings. The quantitative estimate of drug-likeness (QED) is 0.916. The Hall–Kier alpha value is -1.26. The van der Waals surface area contributed by atoms with Gasteiger partial charge >= 0.3 is 0 Å². The highest BCUT2D eigenvalue weighted by Crippen LogP contribution is 2.30. The zero-order chi connectivity index (χ0) is 13.8. The first-order valence-electron chi connectivity index (χ1n) is 7.62. The van der Waals surface area contributed by atoms with E-state index in [4.69, 9.17) is 9.47 Å². The number of nitrogens with zero attached hydrogens (tertiary/aromatic N) is 1. The van der Waals surface area contributed by atoms with Crippen molar-refractivity contribution in [3.63, 3.8) is 0 Å². The minimum absolute atomic E-state index is 0.641. The van der Waals surface area contributed by atoms with Crippen LogP contribution in [-0.2, 0) is 6.54 Å². The molecular formula is C16H24N2O2. The van der Waals surface area contributed by atoms with Gasteiger partial charge in [0.1, 0.15) is 0 Å². The van der Waals surface area contributed by atoms with Crippen molar-refractivity contribution in [1.82, 2.24) is 10.2 Å². The van der Waals surface area contributed by atoms with Gasteiger partial charge < -0.3 is 19.7 Å². The maximum Gasteiger partial charge on any atom is 0.161 e. The van der Waals surface area contributed by atoms with Crippen LogP contribution >= 0.6 is 0 Å². The van der Waals surface area contributed by atoms with Crippen LogP contribution in [0.25, 0.3) is 0 Å². The third-order valence-corrected chi connectivity index (χ3v) is 4.13. The van der Waals surface area contributed by atoms with Crippen molar-refractivity contribution in [3.05, 3.63) is 23.8 Å². The number of hydrogen-bond acceptors (Lipinski definition) is 4. The molecule has 0 radical (unpaired) electrons. The predicted molar refractivity (Wildman–Crippen MR) is 79.4 cm³/mol. The van der Waals surface area contributed by atoms with Crippen LogP contribution in [0, 0.1) is 0 Å². The summed E-state index contributed by atoms with van der Waals surface area (Å²) in [4.78, 5) is 2.39. The first-order valence-corrected chi connectivity index (χ1v) is 7.62. The van der Waals surface area contributed by atoms with Crippen molar-refractivity contribution in [2.24, 2.45) is 0 Å². The lowest BCUT2D eigenvalue weighted by Crippen LogP contribution is -2.40. The molecule has 3 rings (SSSR count). The van der Waals surface area contributed by atoms with E-state index in [0.29, 0.717) is 6.04 Å². The highest BCUT2D eigenvalue weighted by atomic mass is 16.5. The number of likely N-dealkylation sites (tertiary alicyclic amines) is 1. The van der Waals surface area contributed by atoms with Gasteiger partial charge in [-0.05, 0) is 50.7 Å². The summed E-state index contributed by atoms with van der Waals surface area (Å²) in [5.74, 6) is 1.77. The Morgan fingerprint density at radius 3 is 2.70 bits per heavy atom. The highest BCUT2D eigenvalue weighted by molar-refractivity contribution is 5.43. The first-order chi connectivity index (χ1) is 9.81. The van der Waals surface area contributed by atoms with Crippen LogP contribution in [0.4, 0.5) is 0 Å². The molecule has 2 heterocycles. The number of fused-ring (bicyclic) bond motifs is 1. The molecule has 0 aliphatic carbocycles. The monoisotopic (exact) mass is 276 g/mol. The van der Waals surface area contributed by atoms with E-state index in [0.717, 1.165) is 37.7 Å². The molecule has 0 bridgehead atoms. The molecule has 1 N–H and O–H groups in total. The molecule has 1 saturated heterocycles. The summed E-state index contributed by atoms with van der Waals surface area (Å²) < 4.78 is 11.4. The van der Waals surface area contributed by atoms with E-state index < -0.39 is 0 Å². The molecule has 0 amide bonds. The molecule has 20 heavy (non-hydrogen) atoms. The van der Waals surface area contributed by atoms with Gasteiger partial charge in [-0.15, -0.1) is 0 Å². The van der Waals surface area contributed by atoms with E-state index in [9.17, 15) is 0 Å². The molecule has 0 saturated carbocycles. The van der Waals surface area contributed by atoms with Crippen molar-refractivity contribution in [3.8, 4) is 11.5 Å². The minimum atomic E-state index is 0.641. The zero-order valence-electron chi connectivity index (χ0n) is 12.2. The normalized spacial score (nSPS) is 20.6. The summed E-state index contributed by atoms with van der Waals surface area (Å²) in [6.45, 7) is 4.79. The van der Waals surface area contributed by atoms with Crippen molar-refractivity contribution in [1.29, 1.82) is 0 Å². The molecule has 2 aliphatic heterocycles. The van der Waals surface area contributed by atoms with Crippen LogP contribution in [0.5, 0.6) is 11.5 Å². The largest absolute Gasteiger partial charge is 0.490 e. The number of nitrogens with one attached hydrogen (secondary N) is 1. The second-order valence-corrected chi connectivity index (χ2v) is 5.79. The van der Waals surface area contributed by atoms with Gasteiger partial charge in [0.25, 0.3) is 0 Å². The summed E-state index contributed by atoms with van der Waals surface area (Å²) in [6, 6.07) is 6.92. The lowest BCUT2D eigenvalue weighted by atomic mass is 10.1. The molecule has 4 nitrogen and oxygen atoms in total. The van der Waals surface area contributed by atoms with Gasteiger partial charge in [0.2, 0.25) is 0 Å². The van der Waals surface area contributed by atoms with Crippen LogP contribution in [0.2, 0.25) is 0 Å². The van der Waals surface area contributed by atoms with Crippen LogP contribution in [0.3, 0.4) is 0 Å². The predicted octanol–water partition coefficient (Wildman–Crippen LogP) is 2.03. The van der Waals surface area contributed by atoms with Gasteiger partial charge in [0.15, 0.2) is 11.5 Å². The SMILES string of the molecule is CN1CCC(NCc2ccc3c(c2)OCCCO3)CC1. The van der Waals surface area contributed by atoms with Crippen LogP contribution in [-0.4, -0.2) is 44.3 Å². The highest BCUT2D eigenvalue weighted by Gasteiger charge is 2.16. The zero-order valence-corrected chi connectivity index (χ0v) is 12.2. The second-order valence-electron chi connectivity index (χ2n) is 5.79. The van der Waals surface area contributed by atoms with Gasteiger partial charge in [-0.25, -0.2) is 0 Å². The Morgan fingerprint density at radius 2 is 1.90 bits per heavy atom. The molecule has 0 unspecified atom stereocenters. The lowest BCUT2D eigenvalue weighted by Gasteiger charge is -2.29. The number of benzene rings is 1. The molecule has 110 valence electrons. The van der Waals surface area contributed by atoms with Crippen molar-refractivity contribution in [2.75, 3.05) is 33.4 Å². The molecule has 1 fully saturated rings. The molecule has 4 heteroatoms. The number of ether oxygens (including phenoxy) is 2. The molecule has 0 spiro atoms. The Balaban J connectivity index is 1.56. The van der Waals surface area contributed by atoms with Gasteiger partial charge in [-0.2, -0.15) is 0 Å². The standard InChI is InChI=1S/C16H24N2O2/c1-18-7-5-14(6-8-18)17-12-13-3-4-15-16(11-13)20-10-2-9-19-15/h3-4,11,14,17H,2,5-10,12H2,1H3. The van der Waals surface area contributed by atoms with E-state index in [2.05, 4.69) is 29.4 Å². The molecule has 1 aromatic rings. The van der Waals surface area contributed by atoms with Crippen molar-refractivity contribution >= 4 is 0 Å². The Labute approximate surface area is 121 Å². The van der Waals surface area contributed by atoms with Crippen molar-refractivity contribution < 1.29 is 9.47 Å². The Kier molecular flexibility index (Phi) is 4.43. The number of piperidine rings is 1. The van der Waals surface area contributed by atoms with Crippen LogP contribution < -0.4 is 14.8 Å². The molecule has 0 atom stereocenters. The fourth-order valence-corrected chi connectivity index (χ4v) is 2.79. The fourth-order valence-electron chi connectivity index (χ4n) is 2.79. The number of rotatable bonds is 3. The summed E-state index contributed by atoms with van der Waals surface area (Å²) in [5, 5.41) is 3.66. The second kappa shape index (κ2) is 6.46. The van der Waals surface area contributed by atoms with E-state index in [1.54, 1.807) is 0 Å². The smallest absolute Gasteiger partial charge is 0.161 e. The van der Waals surface area contributed by atoms with E-state index >= 15 is 0 Å². The maximum absolute atomic E-state index is 5.74. The van der Waals surface area contributed by atoms with E-state index in [-0.39, 0.29) is 0 Å². The minimum Gasteiger partial charge on any atom is -0.490 e. The molecule has 0 aromatic heterocycles. The van der Waals surface area contributed by atoms with Crippen LogP contribution in [0.15, 0.2) is 18.2 Å². The average Bonchev–Trinajstić information content (AvgIpc) is 2.71. The van der Waals surface area contributed by atoms with Gasteiger partial charge in [0, 0.05) is 19.0 Å². The third kappa shape index (κ3) is 3.44. The Bertz CT molecular complexity index is 442. The maximum atomic E-state index is 5.74. The van der Waals surface area contributed by atoms with Gasteiger partial charge in [-0.3, -0.25) is 0 Å². The lowest BCUT2D eigenvalue weighted by molar-refractivity contribution is 0.234. The summed E-state index contributed by atoms with van der Waals surface area (Å²) in [7, 11) is 2.19. The summed E-state index contributed by atoms with van der Waals surface area (Å²) in [6.07, 6.45) is 3.43. The van der Waals surface area contributed by atoms with Crippen molar-refractivity contribution in [2.45, 2.75) is 31.8 Å². The first kappa shape index (κ1) is 13.7. The molecule has 1 aromatic carbocycles. The molecular weight excluding hydrogens is 252 g/mol. The summed E-state index contributed by atoms with van der Waals surface area (Å²) in [5.41, 5.74) is 1.27. The fraction of sp³-hybridized carbons (Fsp3) is 0.625. The number of hydrogen-bond donors (Lipinski definition) is 1.